The third-order valence-electron chi connectivity index (χ3n) is 2.10. The van der Waals surface area contributed by atoms with Crippen LogP contribution in [0.25, 0.3) is 0 Å². The highest BCUT2D eigenvalue weighted by Gasteiger charge is 2.06. The van der Waals surface area contributed by atoms with E-state index in [9.17, 15) is 0 Å². The number of anilines is 1. The molecule has 0 unspecified atom stereocenters. The lowest BCUT2D eigenvalue weighted by molar-refractivity contribution is 0.384. The number of imidazole rings is 1. The fourth-order valence-corrected chi connectivity index (χ4v) is 1.40. The number of aromatic nitrogens is 2. The molecular formula is C11H22N4. The lowest BCUT2D eigenvalue weighted by Gasteiger charge is -2.14. The highest BCUT2D eigenvalue weighted by molar-refractivity contribution is 5.29. The molecule has 0 bridgehead atoms. The first kappa shape index (κ1) is 12.0. The SMILES string of the molecule is Cc1cn(CCN(C)C)c(NC(C)C)n1. The van der Waals surface area contributed by atoms with E-state index in [0.29, 0.717) is 6.04 Å². The molecule has 0 spiro atoms. The van der Waals surface area contributed by atoms with Gasteiger partial charge in [0.2, 0.25) is 5.95 Å². The van der Waals surface area contributed by atoms with E-state index in [1.165, 1.54) is 0 Å². The van der Waals surface area contributed by atoms with E-state index >= 15 is 0 Å². The molecule has 1 rings (SSSR count). The van der Waals surface area contributed by atoms with Crippen LogP contribution in [-0.2, 0) is 6.54 Å². The Bertz CT molecular complexity index is 302. The first-order chi connectivity index (χ1) is 6.99. The largest absolute Gasteiger partial charge is 0.353 e. The van der Waals surface area contributed by atoms with Gasteiger partial charge in [-0.25, -0.2) is 4.98 Å². The maximum Gasteiger partial charge on any atom is 0.203 e. The van der Waals surface area contributed by atoms with Crippen LogP contribution in [0.4, 0.5) is 5.95 Å². The molecule has 15 heavy (non-hydrogen) atoms. The monoisotopic (exact) mass is 210 g/mol. The number of aryl methyl sites for hydroxylation is 1. The molecule has 1 N–H and O–H groups in total. The predicted octanol–water partition coefficient (Wildman–Crippen LogP) is 1.57. The Hall–Kier alpha value is -1.03. The minimum absolute atomic E-state index is 0.421. The van der Waals surface area contributed by atoms with Gasteiger partial charge < -0.3 is 14.8 Å². The summed E-state index contributed by atoms with van der Waals surface area (Å²) in [6.07, 6.45) is 2.09. The zero-order chi connectivity index (χ0) is 11.4. The van der Waals surface area contributed by atoms with E-state index in [0.717, 1.165) is 24.7 Å². The second-order valence-corrected chi connectivity index (χ2v) is 4.50. The molecule has 86 valence electrons. The van der Waals surface area contributed by atoms with Crippen molar-refractivity contribution in [2.24, 2.45) is 0 Å². The molecule has 1 aromatic rings. The zero-order valence-corrected chi connectivity index (χ0v) is 10.4. The first-order valence-corrected chi connectivity index (χ1v) is 5.44. The molecular weight excluding hydrogens is 188 g/mol. The molecule has 0 saturated carbocycles. The van der Waals surface area contributed by atoms with Gasteiger partial charge in [0.25, 0.3) is 0 Å². The van der Waals surface area contributed by atoms with Gasteiger partial charge in [-0.05, 0) is 34.9 Å². The van der Waals surface area contributed by atoms with Crippen molar-refractivity contribution in [3.05, 3.63) is 11.9 Å². The summed E-state index contributed by atoms with van der Waals surface area (Å²) >= 11 is 0. The van der Waals surface area contributed by atoms with Gasteiger partial charge >= 0.3 is 0 Å². The molecule has 0 fully saturated rings. The summed E-state index contributed by atoms with van der Waals surface area (Å²) in [5, 5.41) is 3.35. The normalized spacial score (nSPS) is 11.4. The third-order valence-corrected chi connectivity index (χ3v) is 2.10. The van der Waals surface area contributed by atoms with Gasteiger partial charge in [0.15, 0.2) is 0 Å². The summed E-state index contributed by atoms with van der Waals surface area (Å²) < 4.78 is 2.18. The minimum Gasteiger partial charge on any atom is -0.353 e. The Morgan fingerprint density at radius 2 is 2.13 bits per heavy atom. The van der Waals surface area contributed by atoms with Crippen molar-refractivity contribution in [3.8, 4) is 0 Å². The van der Waals surface area contributed by atoms with E-state index in [4.69, 9.17) is 0 Å². The molecule has 0 saturated heterocycles. The van der Waals surface area contributed by atoms with Gasteiger partial charge in [0.1, 0.15) is 0 Å². The van der Waals surface area contributed by atoms with Gasteiger partial charge in [-0.3, -0.25) is 0 Å². The van der Waals surface area contributed by atoms with Crippen LogP contribution < -0.4 is 5.32 Å². The van der Waals surface area contributed by atoms with Crippen molar-refractivity contribution in [3.63, 3.8) is 0 Å². The van der Waals surface area contributed by atoms with E-state index in [-0.39, 0.29) is 0 Å². The molecule has 0 aliphatic carbocycles. The summed E-state index contributed by atoms with van der Waals surface area (Å²) in [6, 6.07) is 0.421. The van der Waals surface area contributed by atoms with E-state index in [1.54, 1.807) is 0 Å². The summed E-state index contributed by atoms with van der Waals surface area (Å²) in [7, 11) is 4.17. The van der Waals surface area contributed by atoms with Crippen LogP contribution >= 0.6 is 0 Å². The fraction of sp³-hybridized carbons (Fsp3) is 0.727. The Kier molecular flexibility index (Phi) is 4.15. The highest BCUT2D eigenvalue weighted by atomic mass is 15.2. The number of nitrogens with one attached hydrogen (secondary N) is 1. The number of rotatable bonds is 5. The Morgan fingerprint density at radius 1 is 1.47 bits per heavy atom. The molecule has 0 aliphatic heterocycles. The van der Waals surface area contributed by atoms with Crippen LogP contribution in [0.3, 0.4) is 0 Å². The number of hydrogen-bond donors (Lipinski definition) is 1. The molecule has 0 aromatic carbocycles. The number of likely N-dealkylation sites (N-methyl/N-ethyl adjacent to an activating group) is 1. The topological polar surface area (TPSA) is 33.1 Å². The molecule has 1 heterocycles. The molecule has 0 aliphatic rings. The Morgan fingerprint density at radius 3 is 2.67 bits per heavy atom. The molecule has 4 nitrogen and oxygen atoms in total. The molecule has 0 radical (unpaired) electrons. The average Bonchev–Trinajstić information content (AvgIpc) is 2.41. The summed E-state index contributed by atoms with van der Waals surface area (Å²) in [5.41, 5.74) is 1.07. The molecule has 4 heteroatoms. The second kappa shape index (κ2) is 5.16. The second-order valence-electron chi connectivity index (χ2n) is 4.50. The van der Waals surface area contributed by atoms with Crippen molar-refractivity contribution in [2.75, 3.05) is 26.0 Å². The Labute approximate surface area is 92.3 Å². The van der Waals surface area contributed by atoms with Crippen molar-refractivity contribution in [2.45, 2.75) is 33.4 Å². The Balaban J connectivity index is 2.68. The van der Waals surface area contributed by atoms with Crippen molar-refractivity contribution < 1.29 is 0 Å². The van der Waals surface area contributed by atoms with Crippen LogP contribution in [0, 0.1) is 6.92 Å². The standard InChI is InChI=1S/C11H22N4/c1-9(2)12-11-13-10(3)8-15(11)7-6-14(4)5/h8-9H,6-7H2,1-5H3,(H,12,13). The lowest BCUT2D eigenvalue weighted by atomic mass is 10.4. The van der Waals surface area contributed by atoms with Crippen molar-refractivity contribution in [1.29, 1.82) is 0 Å². The quantitative estimate of drug-likeness (QED) is 0.801. The third kappa shape index (κ3) is 3.91. The summed E-state index contributed by atoms with van der Waals surface area (Å²) in [6.45, 7) is 8.28. The van der Waals surface area contributed by atoms with Crippen LogP contribution in [0.15, 0.2) is 6.20 Å². The maximum atomic E-state index is 4.46. The van der Waals surface area contributed by atoms with Gasteiger partial charge in [-0.15, -0.1) is 0 Å². The number of hydrogen-bond acceptors (Lipinski definition) is 3. The summed E-state index contributed by atoms with van der Waals surface area (Å²) in [5.74, 6) is 0.976. The van der Waals surface area contributed by atoms with Crippen LogP contribution in [0.1, 0.15) is 19.5 Å². The average molecular weight is 210 g/mol. The first-order valence-electron chi connectivity index (χ1n) is 5.44. The van der Waals surface area contributed by atoms with Crippen LogP contribution in [0.5, 0.6) is 0 Å². The van der Waals surface area contributed by atoms with Crippen LogP contribution in [-0.4, -0.2) is 41.1 Å². The molecule has 0 atom stereocenters. The van der Waals surface area contributed by atoms with E-state index in [1.807, 2.05) is 6.92 Å². The molecule has 0 amide bonds. The van der Waals surface area contributed by atoms with Gasteiger partial charge in [-0.2, -0.15) is 0 Å². The van der Waals surface area contributed by atoms with Crippen molar-refractivity contribution >= 4 is 5.95 Å². The van der Waals surface area contributed by atoms with Crippen molar-refractivity contribution in [1.82, 2.24) is 14.5 Å². The van der Waals surface area contributed by atoms with Gasteiger partial charge in [-0.1, -0.05) is 0 Å². The van der Waals surface area contributed by atoms with E-state index < -0.39 is 0 Å². The minimum atomic E-state index is 0.421. The van der Waals surface area contributed by atoms with E-state index in [2.05, 4.69) is 53.9 Å². The number of nitrogens with zero attached hydrogens (tertiary/aromatic N) is 3. The zero-order valence-electron chi connectivity index (χ0n) is 10.4. The fourth-order valence-electron chi connectivity index (χ4n) is 1.40. The summed E-state index contributed by atoms with van der Waals surface area (Å²) in [4.78, 5) is 6.64. The maximum absolute atomic E-state index is 4.46. The predicted molar refractivity (Wildman–Crippen MR) is 64.3 cm³/mol. The molecule has 1 aromatic heterocycles. The van der Waals surface area contributed by atoms with Gasteiger partial charge in [0.05, 0.1) is 5.69 Å². The van der Waals surface area contributed by atoms with Crippen LogP contribution in [0.2, 0.25) is 0 Å². The van der Waals surface area contributed by atoms with Gasteiger partial charge in [0, 0.05) is 25.3 Å². The highest BCUT2D eigenvalue weighted by Crippen LogP contribution is 2.09. The lowest BCUT2D eigenvalue weighted by Crippen LogP contribution is -2.20. The smallest absolute Gasteiger partial charge is 0.203 e.